The van der Waals surface area contributed by atoms with Gasteiger partial charge in [-0.25, -0.2) is 5.26 Å². The highest BCUT2D eigenvalue weighted by Gasteiger charge is 2.59. The molecule has 4 saturated carbocycles. The number of carbonyl (C=O) groups excluding carboxylic acids is 1. The maximum Gasteiger partial charge on any atom is 0.312 e. The van der Waals surface area contributed by atoms with E-state index in [2.05, 4.69) is 16.3 Å². The fourth-order valence-corrected chi connectivity index (χ4v) is 5.80. The molecule has 2 atom stereocenters. The van der Waals surface area contributed by atoms with E-state index >= 15 is 0 Å². The molecule has 0 spiro atoms. The van der Waals surface area contributed by atoms with Gasteiger partial charge in [0.2, 0.25) is 0 Å². The SMILES string of the molecule is CC12CC3CC(C1)CC(C(=O)OCC(C)(C)SOOO)(C3)C2. The Morgan fingerprint density at radius 1 is 1.27 bits per heavy atom. The van der Waals surface area contributed by atoms with Crippen molar-refractivity contribution < 1.29 is 24.2 Å². The van der Waals surface area contributed by atoms with Gasteiger partial charge in [-0.3, -0.25) is 4.79 Å². The maximum atomic E-state index is 12.8. The Kier molecular flexibility index (Phi) is 4.25. The summed E-state index contributed by atoms with van der Waals surface area (Å²) in [4.78, 5) is 12.8. The lowest BCUT2D eigenvalue weighted by Crippen LogP contribution is -2.54. The van der Waals surface area contributed by atoms with E-state index in [1.54, 1.807) is 0 Å². The molecule has 4 aliphatic rings. The van der Waals surface area contributed by atoms with Crippen LogP contribution in [0, 0.1) is 22.7 Å². The van der Waals surface area contributed by atoms with E-state index < -0.39 is 4.75 Å². The Labute approximate surface area is 136 Å². The van der Waals surface area contributed by atoms with Crippen molar-refractivity contribution in [2.75, 3.05) is 6.61 Å². The molecule has 4 fully saturated rings. The maximum absolute atomic E-state index is 12.8. The molecular formula is C16H26O5S. The normalized spacial score (nSPS) is 40.0. The molecule has 5 nitrogen and oxygen atoms in total. The summed E-state index contributed by atoms with van der Waals surface area (Å²) in [7, 11) is 0. The van der Waals surface area contributed by atoms with Gasteiger partial charge >= 0.3 is 5.97 Å². The van der Waals surface area contributed by atoms with Crippen LogP contribution in [0.15, 0.2) is 0 Å². The second kappa shape index (κ2) is 5.65. The summed E-state index contributed by atoms with van der Waals surface area (Å²) in [5.74, 6) is 1.37. The molecule has 0 aliphatic heterocycles. The smallest absolute Gasteiger partial charge is 0.312 e. The predicted molar refractivity (Wildman–Crippen MR) is 82.6 cm³/mol. The van der Waals surface area contributed by atoms with Crippen molar-refractivity contribution in [3.8, 4) is 0 Å². The van der Waals surface area contributed by atoms with E-state index in [1.807, 2.05) is 13.8 Å². The third kappa shape index (κ3) is 3.16. The number of esters is 1. The lowest BCUT2D eigenvalue weighted by Gasteiger charge is -2.60. The monoisotopic (exact) mass is 330 g/mol. The van der Waals surface area contributed by atoms with Gasteiger partial charge in [0, 0.05) is 12.0 Å². The van der Waals surface area contributed by atoms with Crippen LogP contribution in [0.5, 0.6) is 0 Å². The van der Waals surface area contributed by atoms with E-state index in [-0.39, 0.29) is 18.0 Å². The molecule has 22 heavy (non-hydrogen) atoms. The summed E-state index contributed by atoms with van der Waals surface area (Å²) in [6.45, 7) is 6.35. The summed E-state index contributed by atoms with van der Waals surface area (Å²) in [6.07, 6.45) is 6.84. The highest BCUT2D eigenvalue weighted by Crippen LogP contribution is 2.65. The first-order valence-corrected chi connectivity index (χ1v) is 8.83. The third-order valence-electron chi connectivity index (χ3n) is 5.63. The van der Waals surface area contributed by atoms with Gasteiger partial charge in [0.05, 0.1) is 10.2 Å². The summed E-state index contributed by atoms with van der Waals surface area (Å²) in [6, 6.07) is 0. The Morgan fingerprint density at radius 2 is 1.91 bits per heavy atom. The van der Waals surface area contributed by atoms with Crippen molar-refractivity contribution in [3.05, 3.63) is 0 Å². The van der Waals surface area contributed by atoms with Crippen LogP contribution in [0.4, 0.5) is 0 Å². The van der Waals surface area contributed by atoms with Gasteiger partial charge in [-0.1, -0.05) is 12.0 Å². The van der Waals surface area contributed by atoms with Crippen LogP contribution >= 0.6 is 12.0 Å². The first-order chi connectivity index (χ1) is 10.3. The molecule has 4 bridgehead atoms. The van der Waals surface area contributed by atoms with Crippen LogP contribution in [-0.4, -0.2) is 22.6 Å². The molecule has 0 radical (unpaired) electrons. The topological polar surface area (TPSA) is 65.0 Å². The minimum atomic E-state index is -0.468. The van der Waals surface area contributed by atoms with Gasteiger partial charge in [-0.05, 0) is 69.6 Å². The average molecular weight is 330 g/mol. The zero-order valence-electron chi connectivity index (χ0n) is 13.6. The first-order valence-electron chi connectivity index (χ1n) is 8.09. The largest absolute Gasteiger partial charge is 0.464 e. The zero-order chi connectivity index (χ0) is 16.0. The minimum absolute atomic E-state index is 0.0357. The van der Waals surface area contributed by atoms with E-state index in [9.17, 15) is 4.79 Å². The molecule has 6 heteroatoms. The second-order valence-corrected chi connectivity index (χ2v) is 10.0. The number of carbonyl (C=O) groups is 1. The molecule has 126 valence electrons. The van der Waals surface area contributed by atoms with Crippen LogP contribution in [0.25, 0.3) is 0 Å². The number of ether oxygens (including phenoxy) is 1. The van der Waals surface area contributed by atoms with Crippen LogP contribution in [0.3, 0.4) is 0 Å². The van der Waals surface area contributed by atoms with E-state index in [0.29, 0.717) is 17.3 Å². The number of hydrogen-bond donors (Lipinski definition) is 1. The van der Waals surface area contributed by atoms with Gasteiger partial charge in [0.15, 0.2) is 0 Å². The number of rotatable bonds is 6. The molecule has 0 aromatic rings. The molecule has 2 unspecified atom stereocenters. The highest BCUT2D eigenvalue weighted by atomic mass is 32.2. The molecular weight excluding hydrogens is 304 g/mol. The van der Waals surface area contributed by atoms with Crippen molar-refractivity contribution in [1.82, 2.24) is 0 Å². The zero-order valence-corrected chi connectivity index (χ0v) is 14.4. The van der Waals surface area contributed by atoms with Gasteiger partial charge in [0.25, 0.3) is 0 Å². The molecule has 0 saturated heterocycles. The van der Waals surface area contributed by atoms with Gasteiger partial charge in [-0.15, -0.1) is 4.33 Å². The Bertz CT molecular complexity index is 436. The van der Waals surface area contributed by atoms with Crippen LogP contribution in [0.2, 0.25) is 0 Å². The van der Waals surface area contributed by atoms with Crippen molar-refractivity contribution in [2.24, 2.45) is 22.7 Å². The van der Waals surface area contributed by atoms with Crippen molar-refractivity contribution in [2.45, 2.75) is 64.0 Å². The fourth-order valence-electron chi connectivity index (χ4n) is 5.48. The molecule has 0 aromatic carbocycles. The molecule has 0 aromatic heterocycles. The minimum Gasteiger partial charge on any atom is -0.464 e. The van der Waals surface area contributed by atoms with Crippen molar-refractivity contribution >= 4 is 18.0 Å². The van der Waals surface area contributed by atoms with Crippen molar-refractivity contribution in [1.29, 1.82) is 0 Å². The first kappa shape index (κ1) is 16.6. The van der Waals surface area contributed by atoms with Gasteiger partial charge in [-0.2, -0.15) is 0 Å². The highest BCUT2D eigenvalue weighted by molar-refractivity contribution is 7.95. The van der Waals surface area contributed by atoms with Crippen molar-refractivity contribution in [3.63, 3.8) is 0 Å². The van der Waals surface area contributed by atoms with E-state index in [0.717, 1.165) is 31.3 Å². The summed E-state index contributed by atoms with van der Waals surface area (Å²) in [5.41, 5.74) is 0.0785. The Hall–Kier alpha value is -0.300. The lowest BCUT2D eigenvalue weighted by atomic mass is 9.44. The average Bonchev–Trinajstić information content (AvgIpc) is 2.40. The van der Waals surface area contributed by atoms with E-state index in [1.165, 1.54) is 19.3 Å². The molecule has 0 amide bonds. The summed E-state index contributed by atoms with van der Waals surface area (Å²) >= 11 is 0.948. The molecule has 0 heterocycles. The molecule has 4 rings (SSSR count). The van der Waals surface area contributed by atoms with E-state index in [4.69, 9.17) is 9.99 Å². The van der Waals surface area contributed by atoms with Gasteiger partial charge in [0.1, 0.15) is 6.61 Å². The lowest BCUT2D eigenvalue weighted by molar-refractivity contribution is -0.432. The second-order valence-electron chi connectivity index (χ2n) is 8.61. The standard InChI is InChI=1S/C16H26O5S/c1-14(2,22-21-20-18)10-19-13(17)16-7-11-4-12(8-16)6-15(3,5-11)9-16/h11-12,18H,4-10H2,1-3H3. The third-order valence-corrected chi connectivity index (χ3v) is 6.33. The molecule has 4 aliphatic carbocycles. The Balaban J connectivity index is 1.63. The van der Waals surface area contributed by atoms with Crippen LogP contribution in [0.1, 0.15) is 59.3 Å². The number of hydrogen-bond acceptors (Lipinski definition) is 6. The summed E-state index contributed by atoms with van der Waals surface area (Å²) < 4.78 is 9.67. The van der Waals surface area contributed by atoms with Gasteiger partial charge < -0.3 is 4.74 Å². The fraction of sp³-hybridized carbons (Fsp3) is 0.938. The predicted octanol–water partition coefficient (Wildman–Crippen LogP) is 3.98. The van der Waals surface area contributed by atoms with Crippen LogP contribution < -0.4 is 0 Å². The molecule has 1 N–H and O–H groups in total. The quantitative estimate of drug-likeness (QED) is 0.344. The summed E-state index contributed by atoms with van der Waals surface area (Å²) in [5, 5.41) is 11.9. The Morgan fingerprint density at radius 3 is 2.45 bits per heavy atom. The van der Waals surface area contributed by atoms with Crippen LogP contribution in [-0.2, 0) is 18.9 Å².